The molecule has 0 saturated carbocycles. The molecule has 2 aromatic carbocycles. The third kappa shape index (κ3) is 3.80. The lowest BCUT2D eigenvalue weighted by atomic mass is 9.78. The van der Waals surface area contributed by atoms with Crippen molar-refractivity contribution in [2.75, 3.05) is 11.8 Å². The van der Waals surface area contributed by atoms with Crippen molar-refractivity contribution in [2.24, 2.45) is 0 Å². The van der Waals surface area contributed by atoms with Gasteiger partial charge in [-0.2, -0.15) is 0 Å². The lowest BCUT2D eigenvalue weighted by Gasteiger charge is -2.31. The van der Waals surface area contributed by atoms with Crippen LogP contribution in [0.25, 0.3) is 0 Å². The van der Waals surface area contributed by atoms with Crippen LogP contribution in [0.5, 0.6) is 0 Å². The standard InChI is InChI=1S/C17H16BrCl2F/c1-12-3-2-4-14(7-12)17(10-19,11-20)9-13-8-15(21)5-6-16(13)18/h2-8H,9-11H2,1H3. The minimum atomic E-state index is -0.411. The van der Waals surface area contributed by atoms with E-state index in [2.05, 4.69) is 22.0 Å². The molecule has 0 bridgehead atoms. The van der Waals surface area contributed by atoms with Gasteiger partial charge in [-0.3, -0.25) is 0 Å². The molecule has 0 unspecified atom stereocenters. The molecular weight excluding hydrogens is 374 g/mol. The molecule has 0 amide bonds. The van der Waals surface area contributed by atoms with Crippen LogP contribution in [0.2, 0.25) is 0 Å². The highest BCUT2D eigenvalue weighted by Crippen LogP contribution is 2.34. The normalized spacial score (nSPS) is 11.7. The van der Waals surface area contributed by atoms with Crippen LogP contribution >= 0.6 is 39.1 Å². The first-order valence-corrected chi connectivity index (χ1v) is 8.50. The molecule has 0 atom stereocenters. The van der Waals surface area contributed by atoms with Crippen molar-refractivity contribution in [3.8, 4) is 0 Å². The Hall–Kier alpha value is -0.570. The van der Waals surface area contributed by atoms with Crippen LogP contribution in [0, 0.1) is 12.7 Å². The Balaban J connectivity index is 2.45. The predicted octanol–water partition coefficient (Wildman–Crippen LogP) is 5.85. The van der Waals surface area contributed by atoms with Gasteiger partial charge >= 0.3 is 0 Å². The Kier molecular flexibility index (Phi) is 5.70. The van der Waals surface area contributed by atoms with Gasteiger partial charge in [0.15, 0.2) is 0 Å². The molecule has 0 radical (unpaired) electrons. The summed E-state index contributed by atoms with van der Waals surface area (Å²) in [6.07, 6.45) is 0.585. The third-order valence-electron chi connectivity index (χ3n) is 3.68. The van der Waals surface area contributed by atoms with Crippen molar-refractivity contribution in [1.82, 2.24) is 0 Å². The number of benzene rings is 2. The molecule has 0 heterocycles. The van der Waals surface area contributed by atoms with Gasteiger partial charge in [0.1, 0.15) is 5.82 Å². The quantitative estimate of drug-likeness (QED) is 0.562. The molecule has 0 aliphatic heterocycles. The second kappa shape index (κ2) is 7.13. The van der Waals surface area contributed by atoms with Crippen LogP contribution in [0.3, 0.4) is 0 Å². The summed E-state index contributed by atoms with van der Waals surface area (Å²) in [6, 6.07) is 12.8. The average molecular weight is 390 g/mol. The van der Waals surface area contributed by atoms with E-state index in [0.717, 1.165) is 21.2 Å². The van der Waals surface area contributed by atoms with Gasteiger partial charge in [-0.15, -0.1) is 23.2 Å². The molecule has 0 aromatic heterocycles. The molecule has 21 heavy (non-hydrogen) atoms. The minimum absolute atomic E-state index is 0.254. The summed E-state index contributed by atoms with van der Waals surface area (Å²) in [5.41, 5.74) is 2.71. The first-order chi connectivity index (χ1) is 10.0. The summed E-state index contributed by atoms with van der Waals surface area (Å²) in [4.78, 5) is 0. The number of hydrogen-bond donors (Lipinski definition) is 0. The summed E-state index contributed by atoms with van der Waals surface area (Å²) in [5, 5.41) is 0. The molecule has 0 N–H and O–H groups in total. The monoisotopic (exact) mass is 388 g/mol. The number of hydrogen-bond acceptors (Lipinski definition) is 0. The Morgan fingerprint density at radius 3 is 2.43 bits per heavy atom. The molecule has 2 aromatic rings. The SMILES string of the molecule is Cc1cccc(C(CCl)(CCl)Cc2cc(F)ccc2Br)c1. The maximum atomic E-state index is 13.5. The van der Waals surface area contributed by atoms with E-state index in [9.17, 15) is 4.39 Å². The summed E-state index contributed by atoms with van der Waals surface area (Å²) in [7, 11) is 0. The molecule has 2 rings (SSSR count). The summed E-state index contributed by atoms with van der Waals surface area (Å²) < 4.78 is 14.4. The molecular formula is C17H16BrCl2F. The zero-order valence-electron chi connectivity index (χ0n) is 11.7. The third-order valence-corrected chi connectivity index (χ3v) is 5.48. The highest BCUT2D eigenvalue weighted by atomic mass is 79.9. The van der Waals surface area contributed by atoms with Crippen molar-refractivity contribution in [3.63, 3.8) is 0 Å². The van der Waals surface area contributed by atoms with Crippen LogP contribution in [-0.4, -0.2) is 11.8 Å². The van der Waals surface area contributed by atoms with Crippen molar-refractivity contribution < 1.29 is 4.39 Å². The highest BCUT2D eigenvalue weighted by molar-refractivity contribution is 9.10. The first-order valence-electron chi connectivity index (χ1n) is 6.64. The van der Waals surface area contributed by atoms with Crippen LogP contribution in [-0.2, 0) is 11.8 Å². The van der Waals surface area contributed by atoms with Gasteiger partial charge in [0, 0.05) is 21.6 Å². The van der Waals surface area contributed by atoms with Gasteiger partial charge in [0.25, 0.3) is 0 Å². The molecule has 0 nitrogen and oxygen atoms in total. The first kappa shape index (κ1) is 16.8. The van der Waals surface area contributed by atoms with E-state index in [-0.39, 0.29) is 5.82 Å². The van der Waals surface area contributed by atoms with Gasteiger partial charge in [-0.25, -0.2) is 4.39 Å². The van der Waals surface area contributed by atoms with E-state index < -0.39 is 5.41 Å². The maximum absolute atomic E-state index is 13.5. The van der Waals surface area contributed by atoms with E-state index in [0.29, 0.717) is 18.2 Å². The van der Waals surface area contributed by atoms with Crippen molar-refractivity contribution in [1.29, 1.82) is 0 Å². The predicted molar refractivity (Wildman–Crippen MR) is 92.1 cm³/mol. The lowest BCUT2D eigenvalue weighted by Crippen LogP contribution is -2.33. The second-order valence-corrected chi connectivity index (χ2v) is 6.72. The van der Waals surface area contributed by atoms with Gasteiger partial charge in [0.2, 0.25) is 0 Å². The number of halogens is 4. The largest absolute Gasteiger partial charge is 0.207 e. The van der Waals surface area contributed by atoms with E-state index in [1.54, 1.807) is 6.07 Å². The summed E-state index contributed by atoms with van der Waals surface area (Å²) in [6.45, 7) is 2.04. The summed E-state index contributed by atoms with van der Waals surface area (Å²) in [5.74, 6) is 0.502. The van der Waals surface area contributed by atoms with Crippen molar-refractivity contribution in [2.45, 2.75) is 18.8 Å². The van der Waals surface area contributed by atoms with Gasteiger partial charge in [0.05, 0.1) is 0 Å². The Morgan fingerprint density at radius 2 is 1.81 bits per heavy atom. The molecule has 112 valence electrons. The zero-order valence-corrected chi connectivity index (χ0v) is 14.8. The molecule has 0 aliphatic rings. The number of aryl methyl sites for hydroxylation is 1. The smallest absolute Gasteiger partial charge is 0.123 e. The highest BCUT2D eigenvalue weighted by Gasteiger charge is 2.32. The fraction of sp³-hybridized carbons (Fsp3) is 0.294. The lowest BCUT2D eigenvalue weighted by molar-refractivity contribution is 0.531. The molecule has 0 spiro atoms. The Bertz CT molecular complexity index is 624. The van der Waals surface area contributed by atoms with E-state index in [1.807, 2.05) is 25.1 Å². The fourth-order valence-corrected chi connectivity index (χ4v) is 3.57. The molecule has 0 fully saturated rings. The van der Waals surface area contributed by atoms with E-state index in [1.165, 1.54) is 12.1 Å². The maximum Gasteiger partial charge on any atom is 0.123 e. The van der Waals surface area contributed by atoms with Gasteiger partial charge in [-0.1, -0.05) is 45.8 Å². The van der Waals surface area contributed by atoms with Crippen LogP contribution < -0.4 is 0 Å². The number of alkyl halides is 2. The second-order valence-electron chi connectivity index (χ2n) is 5.33. The molecule has 0 aliphatic carbocycles. The zero-order chi connectivity index (χ0) is 15.5. The fourth-order valence-electron chi connectivity index (χ4n) is 2.40. The molecule has 0 saturated heterocycles. The van der Waals surface area contributed by atoms with Crippen LogP contribution in [0.1, 0.15) is 16.7 Å². The topological polar surface area (TPSA) is 0 Å². The average Bonchev–Trinajstić information content (AvgIpc) is 2.48. The van der Waals surface area contributed by atoms with Gasteiger partial charge < -0.3 is 0 Å². The van der Waals surface area contributed by atoms with Crippen LogP contribution in [0.15, 0.2) is 46.9 Å². The van der Waals surface area contributed by atoms with E-state index in [4.69, 9.17) is 23.2 Å². The Morgan fingerprint density at radius 1 is 1.10 bits per heavy atom. The minimum Gasteiger partial charge on any atom is -0.207 e. The van der Waals surface area contributed by atoms with E-state index >= 15 is 0 Å². The van der Waals surface area contributed by atoms with Gasteiger partial charge in [-0.05, 0) is 42.7 Å². The Labute approximate surface area is 143 Å². The van der Waals surface area contributed by atoms with Crippen molar-refractivity contribution >= 4 is 39.1 Å². The molecule has 4 heteroatoms. The van der Waals surface area contributed by atoms with Crippen LogP contribution in [0.4, 0.5) is 4.39 Å². The number of rotatable bonds is 5. The van der Waals surface area contributed by atoms with Crippen molar-refractivity contribution in [3.05, 3.63) is 69.4 Å². The summed E-state index contributed by atoms with van der Waals surface area (Å²) >= 11 is 16.0.